The molecule has 0 fully saturated rings. The highest BCUT2D eigenvalue weighted by molar-refractivity contribution is 7.73. The first-order valence-electron chi connectivity index (χ1n) is 6.50. The third kappa shape index (κ3) is 4.23. The van der Waals surface area contributed by atoms with Crippen LogP contribution in [-0.4, -0.2) is 24.9 Å². The van der Waals surface area contributed by atoms with Crippen LogP contribution in [0.2, 0.25) is 0 Å². The van der Waals surface area contributed by atoms with E-state index < -0.39 is 33.7 Å². The fraction of sp³-hybridized carbons (Fsp3) is 0.571. The molecule has 0 radical (unpaired) electrons. The Bertz CT molecular complexity index is 571. The van der Waals surface area contributed by atoms with Gasteiger partial charge < -0.3 is 10.5 Å². The second-order valence-electron chi connectivity index (χ2n) is 5.71. The van der Waals surface area contributed by atoms with Crippen molar-refractivity contribution in [3.8, 4) is 0 Å². The lowest BCUT2D eigenvalue weighted by Gasteiger charge is -2.27. The molecule has 0 spiro atoms. The summed E-state index contributed by atoms with van der Waals surface area (Å²) in [6.45, 7) is 7.17. The van der Waals surface area contributed by atoms with Crippen LogP contribution in [0.15, 0.2) is 23.9 Å². The van der Waals surface area contributed by atoms with Gasteiger partial charge in [-0.25, -0.2) is 0 Å². The van der Waals surface area contributed by atoms with E-state index in [-0.39, 0.29) is 4.86 Å². The minimum Gasteiger partial charge on any atom is -0.460 e. The van der Waals surface area contributed by atoms with Crippen LogP contribution in [0.1, 0.15) is 34.1 Å². The van der Waals surface area contributed by atoms with Crippen molar-refractivity contribution in [1.82, 2.24) is 0 Å². The number of hydrogen-bond donors (Lipinski definition) is 1. The third-order valence-electron chi connectivity index (χ3n) is 2.91. The summed E-state index contributed by atoms with van der Waals surface area (Å²) in [5, 5.41) is 0. The Kier molecular flexibility index (Phi) is 5.16. The molecule has 0 aromatic heterocycles. The van der Waals surface area contributed by atoms with Gasteiger partial charge in [0.15, 0.2) is 0 Å². The van der Waals surface area contributed by atoms with Gasteiger partial charge in [0.25, 0.3) is 0 Å². The molecule has 2 N–H and O–H groups in total. The fourth-order valence-corrected chi connectivity index (χ4v) is 2.75. The van der Waals surface area contributed by atoms with Gasteiger partial charge in [-0.3, -0.25) is 4.79 Å². The number of allylic oxidation sites excluding steroid dienone is 3. The van der Waals surface area contributed by atoms with Gasteiger partial charge in [0, 0.05) is 11.6 Å². The van der Waals surface area contributed by atoms with Crippen molar-refractivity contribution in [2.45, 2.75) is 39.7 Å². The lowest BCUT2D eigenvalue weighted by molar-refractivity contribution is -0.160. The first-order valence-corrected chi connectivity index (χ1v) is 7.57. The second kappa shape index (κ2) is 6.26. The van der Waals surface area contributed by atoms with Crippen molar-refractivity contribution in [1.29, 1.82) is 0 Å². The van der Waals surface area contributed by atoms with Crippen LogP contribution in [-0.2, 0) is 19.8 Å². The van der Waals surface area contributed by atoms with E-state index in [1.165, 1.54) is 6.08 Å². The average molecular weight is 299 g/mol. The molecule has 1 rings (SSSR count). The quantitative estimate of drug-likeness (QED) is 0.629. The highest BCUT2D eigenvalue weighted by Crippen LogP contribution is 2.26. The minimum atomic E-state index is -2.41. The largest absolute Gasteiger partial charge is 0.460 e. The summed E-state index contributed by atoms with van der Waals surface area (Å²) in [4.78, 5) is 12.3. The molecule has 2 unspecified atom stereocenters. The lowest BCUT2D eigenvalue weighted by atomic mass is 9.84. The van der Waals surface area contributed by atoms with Gasteiger partial charge >= 0.3 is 5.97 Å². The van der Waals surface area contributed by atoms with Crippen molar-refractivity contribution in [2.24, 2.45) is 17.6 Å². The summed E-state index contributed by atoms with van der Waals surface area (Å²) in [5.74, 6) is -1.46. The molecular formula is C14H21NO4S. The van der Waals surface area contributed by atoms with Gasteiger partial charge in [0.2, 0.25) is 10.3 Å². The molecule has 0 heterocycles. The molecule has 0 aliphatic heterocycles. The summed E-state index contributed by atoms with van der Waals surface area (Å²) < 4.78 is 28.0. The molecule has 5 nitrogen and oxygen atoms in total. The second-order valence-corrected chi connectivity index (χ2v) is 6.66. The van der Waals surface area contributed by atoms with Gasteiger partial charge in [-0.05, 0) is 39.3 Å². The van der Waals surface area contributed by atoms with Crippen LogP contribution < -0.4 is 5.73 Å². The van der Waals surface area contributed by atoms with Crippen LogP contribution in [0.4, 0.5) is 0 Å². The van der Waals surface area contributed by atoms with Gasteiger partial charge in [-0.2, -0.15) is 8.42 Å². The van der Waals surface area contributed by atoms with Crippen molar-refractivity contribution < 1.29 is 17.9 Å². The highest BCUT2D eigenvalue weighted by Gasteiger charge is 2.33. The van der Waals surface area contributed by atoms with E-state index >= 15 is 0 Å². The molecule has 0 aromatic rings. The minimum absolute atomic E-state index is 0.128. The van der Waals surface area contributed by atoms with Gasteiger partial charge in [-0.15, -0.1) is 0 Å². The Hall–Kier alpha value is -1.56. The van der Waals surface area contributed by atoms with Crippen molar-refractivity contribution >= 4 is 21.1 Å². The van der Waals surface area contributed by atoms with E-state index in [1.54, 1.807) is 32.9 Å². The Morgan fingerprint density at radius 2 is 2.05 bits per heavy atom. The SMILES string of the molecule is CCC(C(=O)OC(C)(C)C)C1C=CC(N)=CC1=S(=O)=O. The lowest BCUT2D eigenvalue weighted by Crippen LogP contribution is -2.35. The standard InChI is InChI=1S/C14H21NO4S/c1-5-10(13(16)19-14(2,3)4)11-7-6-9(15)8-12(11)20(17)18/h6-8,10-11H,5,15H2,1-4H3. The van der Waals surface area contributed by atoms with E-state index in [9.17, 15) is 13.2 Å². The summed E-state index contributed by atoms with van der Waals surface area (Å²) in [6.07, 6.45) is 5.14. The molecule has 0 saturated heterocycles. The van der Waals surface area contributed by atoms with Crippen LogP contribution in [0.25, 0.3) is 0 Å². The van der Waals surface area contributed by atoms with E-state index in [0.29, 0.717) is 12.1 Å². The van der Waals surface area contributed by atoms with Crippen molar-refractivity contribution in [2.75, 3.05) is 0 Å². The average Bonchev–Trinajstić information content (AvgIpc) is 2.29. The molecule has 0 amide bonds. The maximum Gasteiger partial charge on any atom is 0.310 e. The third-order valence-corrected chi connectivity index (χ3v) is 3.68. The first-order chi connectivity index (χ1) is 9.15. The van der Waals surface area contributed by atoms with Gasteiger partial charge in [0.05, 0.1) is 10.8 Å². The number of rotatable bonds is 3. The molecule has 0 bridgehead atoms. The van der Waals surface area contributed by atoms with E-state index in [2.05, 4.69) is 0 Å². The number of carbonyl (C=O) groups excluding carboxylic acids is 1. The Morgan fingerprint density at radius 3 is 2.50 bits per heavy atom. The molecule has 0 saturated carbocycles. The van der Waals surface area contributed by atoms with Gasteiger partial charge in [-0.1, -0.05) is 13.0 Å². The highest BCUT2D eigenvalue weighted by atomic mass is 32.2. The zero-order valence-corrected chi connectivity index (χ0v) is 13.0. The van der Waals surface area contributed by atoms with Crippen molar-refractivity contribution in [3.63, 3.8) is 0 Å². The summed E-state index contributed by atoms with van der Waals surface area (Å²) in [6, 6.07) is 0. The molecule has 0 aromatic carbocycles. The van der Waals surface area contributed by atoms with Crippen LogP contribution in [0.5, 0.6) is 0 Å². The first kappa shape index (κ1) is 16.5. The van der Waals surface area contributed by atoms with Crippen LogP contribution in [0.3, 0.4) is 0 Å². The van der Waals surface area contributed by atoms with Crippen molar-refractivity contribution in [3.05, 3.63) is 23.9 Å². The zero-order valence-electron chi connectivity index (χ0n) is 12.2. The molecule has 6 heteroatoms. The monoisotopic (exact) mass is 299 g/mol. The number of esters is 1. The molecular weight excluding hydrogens is 278 g/mol. The molecule has 2 atom stereocenters. The number of ether oxygens (including phenoxy) is 1. The smallest absolute Gasteiger partial charge is 0.310 e. The summed E-state index contributed by atoms with van der Waals surface area (Å²) in [5.41, 5.74) is 5.37. The number of carbonyl (C=O) groups is 1. The molecule has 20 heavy (non-hydrogen) atoms. The molecule has 112 valence electrons. The Labute approximate surface area is 121 Å². The van der Waals surface area contributed by atoms with E-state index in [4.69, 9.17) is 10.5 Å². The maximum atomic E-state index is 12.2. The zero-order chi connectivity index (χ0) is 15.5. The molecule has 1 aliphatic carbocycles. The summed E-state index contributed by atoms with van der Waals surface area (Å²) in [7, 11) is -2.41. The maximum absolute atomic E-state index is 12.2. The van der Waals surface area contributed by atoms with Gasteiger partial charge in [0.1, 0.15) is 5.60 Å². The normalized spacial score (nSPS) is 20.3. The predicted octanol–water partition coefficient (Wildman–Crippen LogP) is 1.43. The Morgan fingerprint density at radius 1 is 1.45 bits per heavy atom. The predicted molar refractivity (Wildman–Crippen MR) is 78.5 cm³/mol. The number of hydrogen-bond acceptors (Lipinski definition) is 5. The Balaban J connectivity index is 3.10. The van der Waals surface area contributed by atoms with Crippen LogP contribution in [0, 0.1) is 11.8 Å². The molecule has 1 aliphatic rings. The van der Waals surface area contributed by atoms with E-state index in [1.807, 2.05) is 6.92 Å². The number of nitrogens with two attached hydrogens (primary N) is 1. The topological polar surface area (TPSA) is 86.5 Å². The summed E-state index contributed by atoms with van der Waals surface area (Å²) >= 11 is 0. The van der Waals surface area contributed by atoms with Crippen LogP contribution >= 0.6 is 0 Å². The fourth-order valence-electron chi connectivity index (χ4n) is 2.05. The van der Waals surface area contributed by atoms with E-state index in [0.717, 1.165) is 0 Å².